The van der Waals surface area contributed by atoms with Crippen LogP contribution in [0.5, 0.6) is 5.75 Å². The summed E-state index contributed by atoms with van der Waals surface area (Å²) in [4.78, 5) is 12.2. The van der Waals surface area contributed by atoms with Crippen LogP contribution in [-0.2, 0) is 4.79 Å². The number of hydrogen-bond donors (Lipinski definition) is 2. The van der Waals surface area contributed by atoms with E-state index < -0.39 is 6.04 Å². The van der Waals surface area contributed by atoms with Gasteiger partial charge >= 0.3 is 0 Å². The van der Waals surface area contributed by atoms with E-state index in [0.717, 1.165) is 17.0 Å². The molecule has 0 radical (unpaired) electrons. The summed E-state index contributed by atoms with van der Waals surface area (Å²) in [6.45, 7) is 2.44. The van der Waals surface area contributed by atoms with E-state index in [2.05, 4.69) is 22.5 Å². The molecule has 0 aromatic heterocycles. The highest BCUT2D eigenvalue weighted by Gasteiger charge is 2.14. The monoisotopic (exact) mass is 308 g/mol. The van der Waals surface area contributed by atoms with E-state index >= 15 is 0 Å². The maximum absolute atomic E-state index is 12.2. The van der Waals surface area contributed by atoms with Crippen molar-refractivity contribution in [3.05, 3.63) is 60.2 Å². The van der Waals surface area contributed by atoms with Crippen molar-refractivity contribution in [2.45, 2.75) is 13.0 Å². The van der Waals surface area contributed by atoms with E-state index in [0.29, 0.717) is 6.54 Å². The molecule has 0 fully saturated rings. The highest BCUT2D eigenvalue weighted by atomic mass is 16.5. The zero-order chi connectivity index (χ0) is 16.5. The molecule has 118 valence electrons. The second-order valence-electron chi connectivity index (χ2n) is 4.84. The highest BCUT2D eigenvalue weighted by molar-refractivity contribution is 5.88. The van der Waals surface area contributed by atoms with Gasteiger partial charge in [-0.05, 0) is 43.3 Å². The summed E-state index contributed by atoms with van der Waals surface area (Å²) in [6.07, 6.45) is 0. The number of ether oxygens (including phenoxy) is 1. The molecule has 0 saturated carbocycles. The molecule has 4 heteroatoms. The Kier molecular flexibility index (Phi) is 6.07. The molecule has 0 bridgehead atoms. The molecule has 23 heavy (non-hydrogen) atoms. The van der Waals surface area contributed by atoms with Gasteiger partial charge in [0.25, 0.3) is 5.91 Å². The molecular weight excluding hydrogens is 288 g/mol. The number of carbonyl (C=O) groups is 1. The lowest BCUT2D eigenvalue weighted by Crippen LogP contribution is -2.38. The summed E-state index contributed by atoms with van der Waals surface area (Å²) in [5.74, 6) is 6.64. The molecule has 2 rings (SSSR count). The van der Waals surface area contributed by atoms with Crippen molar-refractivity contribution in [1.82, 2.24) is 5.32 Å². The normalized spacial score (nSPS) is 10.9. The second kappa shape index (κ2) is 8.50. The van der Waals surface area contributed by atoms with E-state index in [-0.39, 0.29) is 5.91 Å². The van der Waals surface area contributed by atoms with Crippen molar-refractivity contribution >= 4 is 11.6 Å². The first-order valence-corrected chi connectivity index (χ1v) is 7.48. The fourth-order valence-corrected chi connectivity index (χ4v) is 1.97. The first-order valence-electron chi connectivity index (χ1n) is 7.48. The molecule has 4 nitrogen and oxygen atoms in total. The number of carbonyl (C=O) groups excluding carboxylic acids is 1. The first-order chi connectivity index (χ1) is 11.2. The molecule has 0 aliphatic rings. The fourth-order valence-electron chi connectivity index (χ4n) is 1.97. The van der Waals surface area contributed by atoms with Gasteiger partial charge in [-0.3, -0.25) is 4.79 Å². The zero-order valence-corrected chi connectivity index (χ0v) is 13.3. The molecule has 1 atom stereocenters. The number of nitrogens with one attached hydrogen (secondary N) is 2. The molecule has 1 unspecified atom stereocenters. The van der Waals surface area contributed by atoms with Crippen molar-refractivity contribution in [3.63, 3.8) is 0 Å². The van der Waals surface area contributed by atoms with Crippen molar-refractivity contribution in [2.24, 2.45) is 0 Å². The Morgan fingerprint density at radius 1 is 1.13 bits per heavy atom. The van der Waals surface area contributed by atoms with Crippen molar-refractivity contribution in [3.8, 4) is 17.6 Å². The van der Waals surface area contributed by atoms with Crippen LogP contribution in [0.15, 0.2) is 54.6 Å². The van der Waals surface area contributed by atoms with Gasteiger partial charge in [-0.2, -0.15) is 0 Å². The van der Waals surface area contributed by atoms with Gasteiger partial charge in [0.05, 0.1) is 7.11 Å². The molecular formula is C19H20N2O2. The van der Waals surface area contributed by atoms with Crippen LogP contribution in [0, 0.1) is 11.8 Å². The predicted molar refractivity (Wildman–Crippen MR) is 92.4 cm³/mol. The number of likely N-dealkylation sites (N-methyl/N-ethyl adjacent to an activating group) is 1. The summed E-state index contributed by atoms with van der Waals surface area (Å²) in [7, 11) is 1.62. The van der Waals surface area contributed by atoms with Gasteiger partial charge in [0.1, 0.15) is 5.75 Å². The largest absolute Gasteiger partial charge is 0.497 e. The van der Waals surface area contributed by atoms with Crippen LogP contribution >= 0.6 is 0 Å². The smallest absolute Gasteiger partial charge is 0.255 e. The summed E-state index contributed by atoms with van der Waals surface area (Å²) in [5.41, 5.74) is 1.68. The summed E-state index contributed by atoms with van der Waals surface area (Å²) >= 11 is 0. The number of anilines is 1. The van der Waals surface area contributed by atoms with Crippen LogP contribution < -0.4 is 15.4 Å². The molecule has 0 aliphatic heterocycles. The maximum atomic E-state index is 12.2. The topological polar surface area (TPSA) is 50.4 Å². The molecule has 0 heterocycles. The summed E-state index contributed by atoms with van der Waals surface area (Å²) < 4.78 is 5.13. The number of benzene rings is 2. The van der Waals surface area contributed by atoms with Crippen molar-refractivity contribution in [2.75, 3.05) is 19.0 Å². The number of amides is 1. The van der Waals surface area contributed by atoms with Gasteiger partial charge in [0, 0.05) is 17.8 Å². The third-order valence-electron chi connectivity index (χ3n) is 3.15. The lowest BCUT2D eigenvalue weighted by atomic mass is 10.2. The summed E-state index contributed by atoms with van der Waals surface area (Å²) in [6, 6.07) is 16.4. The van der Waals surface area contributed by atoms with Crippen LogP contribution in [0.2, 0.25) is 0 Å². The van der Waals surface area contributed by atoms with Crippen LogP contribution in [0.3, 0.4) is 0 Å². The second-order valence-corrected chi connectivity index (χ2v) is 4.84. The van der Waals surface area contributed by atoms with Crippen molar-refractivity contribution < 1.29 is 9.53 Å². The van der Waals surface area contributed by atoms with Gasteiger partial charge in [0.15, 0.2) is 6.04 Å². The third kappa shape index (κ3) is 5.08. The van der Waals surface area contributed by atoms with Gasteiger partial charge in [-0.25, -0.2) is 0 Å². The van der Waals surface area contributed by atoms with E-state index in [1.54, 1.807) is 7.11 Å². The first kappa shape index (κ1) is 16.4. The Balaban J connectivity index is 2.16. The molecule has 0 saturated heterocycles. The van der Waals surface area contributed by atoms with Gasteiger partial charge in [-0.15, -0.1) is 0 Å². The van der Waals surface area contributed by atoms with Crippen LogP contribution in [0.1, 0.15) is 12.5 Å². The van der Waals surface area contributed by atoms with Gasteiger partial charge < -0.3 is 15.4 Å². The summed E-state index contributed by atoms with van der Waals surface area (Å²) in [5, 5.41) is 5.94. The molecule has 0 aliphatic carbocycles. The van der Waals surface area contributed by atoms with E-state index in [1.807, 2.05) is 61.5 Å². The average molecular weight is 308 g/mol. The maximum Gasteiger partial charge on any atom is 0.255 e. The van der Waals surface area contributed by atoms with E-state index in [4.69, 9.17) is 4.74 Å². The average Bonchev–Trinajstić information content (AvgIpc) is 2.60. The Labute approximate surface area is 136 Å². The Morgan fingerprint density at radius 2 is 1.83 bits per heavy atom. The number of methoxy groups -OCH3 is 1. The van der Waals surface area contributed by atoms with Gasteiger partial charge in [-0.1, -0.05) is 30.0 Å². The molecule has 2 aromatic rings. The van der Waals surface area contributed by atoms with E-state index in [9.17, 15) is 4.79 Å². The SMILES string of the molecule is CCNC(=O)C(C#Cc1ccccc1)Nc1ccc(OC)cc1. The van der Waals surface area contributed by atoms with Crippen molar-refractivity contribution in [1.29, 1.82) is 0 Å². The fraction of sp³-hybridized carbons (Fsp3) is 0.211. The lowest BCUT2D eigenvalue weighted by Gasteiger charge is -2.14. The van der Waals surface area contributed by atoms with Crippen LogP contribution in [-0.4, -0.2) is 25.6 Å². The van der Waals surface area contributed by atoms with Crippen LogP contribution in [0.25, 0.3) is 0 Å². The Hall–Kier alpha value is -2.93. The molecule has 1 amide bonds. The lowest BCUT2D eigenvalue weighted by molar-refractivity contribution is -0.120. The Morgan fingerprint density at radius 3 is 2.43 bits per heavy atom. The molecule has 0 spiro atoms. The molecule has 2 aromatic carbocycles. The minimum atomic E-state index is -0.622. The highest BCUT2D eigenvalue weighted by Crippen LogP contribution is 2.15. The van der Waals surface area contributed by atoms with E-state index in [1.165, 1.54) is 0 Å². The minimum Gasteiger partial charge on any atom is -0.497 e. The van der Waals surface area contributed by atoms with Crippen LogP contribution in [0.4, 0.5) is 5.69 Å². The predicted octanol–water partition coefficient (Wildman–Crippen LogP) is 2.66. The number of hydrogen-bond acceptors (Lipinski definition) is 3. The quantitative estimate of drug-likeness (QED) is 0.835. The third-order valence-corrected chi connectivity index (χ3v) is 3.15. The Bertz CT molecular complexity index is 685. The zero-order valence-electron chi connectivity index (χ0n) is 13.3. The number of rotatable bonds is 5. The standard InChI is InChI=1S/C19H20N2O2/c1-3-20-19(22)18(14-9-15-7-5-4-6-8-15)21-16-10-12-17(23-2)13-11-16/h4-8,10-13,18,21H,3H2,1-2H3,(H,20,22). The molecule has 2 N–H and O–H groups in total. The minimum absolute atomic E-state index is 0.147. The van der Waals surface area contributed by atoms with Gasteiger partial charge in [0.2, 0.25) is 0 Å².